The SMILES string of the molecule is NC(CCc1cc[c]cc1)Cc1ccc(C(F)F)cc1. The van der Waals surface area contributed by atoms with Crippen molar-refractivity contribution in [3.8, 4) is 0 Å². The summed E-state index contributed by atoms with van der Waals surface area (Å²) >= 11 is 0. The fraction of sp³-hybridized carbons (Fsp3) is 0.294. The van der Waals surface area contributed by atoms with Gasteiger partial charge in [-0.25, -0.2) is 8.78 Å². The first kappa shape index (κ1) is 14.7. The molecule has 0 aliphatic carbocycles. The minimum atomic E-state index is -2.41. The molecule has 1 atom stereocenters. The maximum absolute atomic E-state index is 12.4. The van der Waals surface area contributed by atoms with Crippen LogP contribution in [0.3, 0.4) is 0 Å². The van der Waals surface area contributed by atoms with Crippen LogP contribution in [0.5, 0.6) is 0 Å². The van der Waals surface area contributed by atoms with Crippen LogP contribution in [-0.2, 0) is 12.8 Å². The minimum Gasteiger partial charge on any atom is -0.327 e. The van der Waals surface area contributed by atoms with Crippen LogP contribution >= 0.6 is 0 Å². The van der Waals surface area contributed by atoms with Gasteiger partial charge in [-0.3, -0.25) is 0 Å². The summed E-state index contributed by atoms with van der Waals surface area (Å²) in [5.41, 5.74) is 8.40. The van der Waals surface area contributed by atoms with Crippen molar-refractivity contribution >= 4 is 0 Å². The average molecular weight is 274 g/mol. The van der Waals surface area contributed by atoms with Crippen molar-refractivity contribution < 1.29 is 8.78 Å². The lowest BCUT2D eigenvalue weighted by atomic mass is 9.99. The van der Waals surface area contributed by atoms with E-state index in [9.17, 15) is 8.78 Å². The van der Waals surface area contributed by atoms with Gasteiger partial charge in [0, 0.05) is 11.6 Å². The summed E-state index contributed by atoms with van der Waals surface area (Å²) in [5.74, 6) is 0. The molecule has 0 bridgehead atoms. The number of benzene rings is 2. The fourth-order valence-corrected chi connectivity index (χ4v) is 2.14. The van der Waals surface area contributed by atoms with Crippen molar-refractivity contribution in [3.63, 3.8) is 0 Å². The van der Waals surface area contributed by atoms with E-state index in [4.69, 9.17) is 5.73 Å². The Balaban J connectivity index is 1.83. The van der Waals surface area contributed by atoms with Gasteiger partial charge in [0.15, 0.2) is 0 Å². The van der Waals surface area contributed by atoms with Gasteiger partial charge in [0.2, 0.25) is 0 Å². The second-order valence-electron chi connectivity index (χ2n) is 4.95. The standard InChI is InChI=1S/C17H18F2N/c18-17(19)15-9-6-14(7-10-15)12-16(20)11-8-13-4-2-1-3-5-13/h2-7,9-10,16-17H,8,11-12,20H2. The number of hydrogen-bond acceptors (Lipinski definition) is 1. The zero-order valence-electron chi connectivity index (χ0n) is 11.2. The molecule has 0 amide bonds. The molecule has 0 aliphatic heterocycles. The van der Waals surface area contributed by atoms with Crippen molar-refractivity contribution in [2.24, 2.45) is 5.73 Å². The molecule has 2 rings (SSSR count). The molecule has 0 aromatic heterocycles. The number of alkyl halides is 2. The quantitative estimate of drug-likeness (QED) is 0.848. The molecule has 1 unspecified atom stereocenters. The Morgan fingerprint density at radius 1 is 0.950 bits per heavy atom. The first-order chi connectivity index (χ1) is 9.65. The zero-order valence-corrected chi connectivity index (χ0v) is 11.2. The summed E-state index contributed by atoms with van der Waals surface area (Å²) in [4.78, 5) is 0. The molecule has 3 heteroatoms. The second kappa shape index (κ2) is 7.15. The van der Waals surface area contributed by atoms with Gasteiger partial charge in [-0.05, 0) is 36.5 Å². The highest BCUT2D eigenvalue weighted by Gasteiger charge is 2.08. The largest absolute Gasteiger partial charge is 0.327 e. The fourth-order valence-electron chi connectivity index (χ4n) is 2.14. The van der Waals surface area contributed by atoms with Gasteiger partial charge in [0.1, 0.15) is 0 Å². The topological polar surface area (TPSA) is 26.0 Å². The smallest absolute Gasteiger partial charge is 0.263 e. The molecule has 0 saturated carbocycles. The number of hydrogen-bond donors (Lipinski definition) is 1. The maximum atomic E-state index is 12.4. The van der Waals surface area contributed by atoms with Crippen LogP contribution in [0, 0.1) is 6.07 Å². The third kappa shape index (κ3) is 4.42. The third-order valence-corrected chi connectivity index (χ3v) is 3.32. The Morgan fingerprint density at radius 2 is 1.60 bits per heavy atom. The molecule has 0 saturated heterocycles. The molecule has 0 aliphatic rings. The normalized spacial score (nSPS) is 12.6. The van der Waals surface area contributed by atoms with Crippen LogP contribution < -0.4 is 5.73 Å². The Hall–Kier alpha value is -1.74. The summed E-state index contributed by atoms with van der Waals surface area (Å²) in [6.45, 7) is 0. The molecule has 2 N–H and O–H groups in total. The van der Waals surface area contributed by atoms with Gasteiger partial charge in [0.05, 0.1) is 0 Å². The summed E-state index contributed by atoms with van der Waals surface area (Å²) in [7, 11) is 0. The monoisotopic (exact) mass is 274 g/mol. The Labute approximate surface area is 118 Å². The van der Waals surface area contributed by atoms with E-state index in [0.717, 1.165) is 18.4 Å². The van der Waals surface area contributed by atoms with Crippen LogP contribution in [0.2, 0.25) is 0 Å². The van der Waals surface area contributed by atoms with Crippen molar-refractivity contribution in [1.82, 2.24) is 0 Å². The van der Waals surface area contributed by atoms with E-state index in [1.54, 1.807) is 12.1 Å². The number of nitrogens with two attached hydrogens (primary N) is 1. The third-order valence-electron chi connectivity index (χ3n) is 3.32. The van der Waals surface area contributed by atoms with Crippen LogP contribution in [0.1, 0.15) is 29.5 Å². The Morgan fingerprint density at radius 3 is 2.20 bits per heavy atom. The van der Waals surface area contributed by atoms with Gasteiger partial charge in [0.25, 0.3) is 6.43 Å². The summed E-state index contributed by atoms with van der Waals surface area (Å²) < 4.78 is 24.9. The van der Waals surface area contributed by atoms with Crippen LogP contribution in [0.15, 0.2) is 48.5 Å². The molecule has 105 valence electrons. The Kier molecular flexibility index (Phi) is 5.24. The van der Waals surface area contributed by atoms with E-state index in [0.29, 0.717) is 6.42 Å². The molecule has 0 spiro atoms. The second-order valence-corrected chi connectivity index (χ2v) is 4.95. The van der Waals surface area contributed by atoms with Crippen molar-refractivity contribution in [2.45, 2.75) is 31.7 Å². The van der Waals surface area contributed by atoms with Gasteiger partial charge >= 0.3 is 0 Å². The maximum Gasteiger partial charge on any atom is 0.263 e. The highest BCUT2D eigenvalue weighted by atomic mass is 19.3. The number of rotatable bonds is 6. The van der Waals surface area contributed by atoms with Crippen molar-refractivity contribution in [1.29, 1.82) is 0 Å². The lowest BCUT2D eigenvalue weighted by Gasteiger charge is -2.12. The van der Waals surface area contributed by atoms with E-state index in [-0.39, 0.29) is 11.6 Å². The molecule has 1 nitrogen and oxygen atoms in total. The average Bonchev–Trinajstić information content (AvgIpc) is 2.47. The highest BCUT2D eigenvalue weighted by Crippen LogP contribution is 2.19. The number of halogens is 2. The Bertz CT molecular complexity index is 508. The van der Waals surface area contributed by atoms with Crippen LogP contribution in [0.4, 0.5) is 8.78 Å². The van der Waals surface area contributed by atoms with Crippen molar-refractivity contribution in [3.05, 3.63) is 71.3 Å². The molecule has 0 fully saturated rings. The van der Waals surface area contributed by atoms with Crippen LogP contribution in [-0.4, -0.2) is 6.04 Å². The van der Waals surface area contributed by atoms with E-state index in [2.05, 4.69) is 6.07 Å². The van der Waals surface area contributed by atoms with E-state index < -0.39 is 6.43 Å². The molecule has 2 aromatic carbocycles. The molecular formula is C17H18F2N. The summed E-state index contributed by atoms with van der Waals surface area (Å²) in [6, 6.07) is 17.3. The van der Waals surface area contributed by atoms with Gasteiger partial charge < -0.3 is 5.73 Å². The van der Waals surface area contributed by atoms with Gasteiger partial charge in [-0.15, -0.1) is 0 Å². The minimum absolute atomic E-state index is 0.0385. The van der Waals surface area contributed by atoms with Gasteiger partial charge in [-0.1, -0.05) is 48.5 Å². The molecular weight excluding hydrogens is 256 g/mol. The van der Waals surface area contributed by atoms with E-state index >= 15 is 0 Å². The summed E-state index contributed by atoms with van der Waals surface area (Å²) in [5, 5.41) is 0. The molecule has 1 radical (unpaired) electrons. The highest BCUT2D eigenvalue weighted by molar-refractivity contribution is 5.24. The molecule has 20 heavy (non-hydrogen) atoms. The predicted molar refractivity (Wildman–Crippen MR) is 76.7 cm³/mol. The summed E-state index contributed by atoms with van der Waals surface area (Å²) in [6.07, 6.45) is 0.0984. The van der Waals surface area contributed by atoms with E-state index in [1.165, 1.54) is 17.7 Å². The first-order valence-corrected chi connectivity index (χ1v) is 6.72. The molecule has 2 aromatic rings. The first-order valence-electron chi connectivity index (χ1n) is 6.72. The van der Waals surface area contributed by atoms with Gasteiger partial charge in [-0.2, -0.15) is 0 Å². The molecule has 0 heterocycles. The number of aryl methyl sites for hydroxylation is 1. The lowest BCUT2D eigenvalue weighted by Crippen LogP contribution is -2.23. The van der Waals surface area contributed by atoms with Crippen LogP contribution in [0.25, 0.3) is 0 Å². The lowest BCUT2D eigenvalue weighted by molar-refractivity contribution is 0.151. The van der Waals surface area contributed by atoms with Crippen molar-refractivity contribution in [2.75, 3.05) is 0 Å². The van der Waals surface area contributed by atoms with E-state index in [1.807, 2.05) is 24.3 Å². The predicted octanol–water partition coefficient (Wildman–Crippen LogP) is 3.93. The zero-order chi connectivity index (χ0) is 14.4.